The summed E-state index contributed by atoms with van der Waals surface area (Å²) in [6, 6.07) is 11.7. The van der Waals surface area contributed by atoms with Gasteiger partial charge in [-0.2, -0.15) is 0 Å². The first-order valence-electron chi connectivity index (χ1n) is 6.62. The third-order valence-corrected chi connectivity index (χ3v) is 3.21. The van der Waals surface area contributed by atoms with Crippen LogP contribution in [0.15, 0.2) is 42.5 Å². The van der Waals surface area contributed by atoms with Crippen molar-refractivity contribution in [1.82, 2.24) is 0 Å². The van der Waals surface area contributed by atoms with Gasteiger partial charge in [-0.1, -0.05) is 12.1 Å². The molecule has 0 aliphatic rings. The number of hydrogen-bond donors (Lipinski definition) is 2. The molecular formula is C16H19FN2O2. The van der Waals surface area contributed by atoms with E-state index in [1.165, 1.54) is 12.1 Å². The molecule has 1 unspecified atom stereocenters. The molecule has 0 saturated heterocycles. The summed E-state index contributed by atoms with van der Waals surface area (Å²) in [5.41, 5.74) is 7.45. The van der Waals surface area contributed by atoms with Gasteiger partial charge >= 0.3 is 0 Å². The lowest BCUT2D eigenvalue weighted by molar-refractivity contribution is 0.354. The van der Waals surface area contributed by atoms with Crippen LogP contribution in [0.25, 0.3) is 0 Å². The Morgan fingerprint density at radius 3 is 2.48 bits per heavy atom. The number of rotatable bonds is 6. The topological polar surface area (TPSA) is 56.5 Å². The van der Waals surface area contributed by atoms with Crippen molar-refractivity contribution in [3.63, 3.8) is 0 Å². The zero-order valence-corrected chi connectivity index (χ0v) is 12.1. The molecule has 0 amide bonds. The maximum atomic E-state index is 13.2. The van der Waals surface area contributed by atoms with Gasteiger partial charge < -0.3 is 20.5 Å². The van der Waals surface area contributed by atoms with Crippen LogP contribution in [-0.4, -0.2) is 20.8 Å². The molecule has 112 valence electrons. The number of nitrogens with one attached hydrogen (secondary N) is 1. The second-order valence-corrected chi connectivity index (χ2v) is 4.56. The van der Waals surface area contributed by atoms with E-state index in [0.717, 1.165) is 5.56 Å². The van der Waals surface area contributed by atoms with E-state index in [0.29, 0.717) is 23.7 Å². The van der Waals surface area contributed by atoms with Crippen LogP contribution in [0.1, 0.15) is 11.6 Å². The van der Waals surface area contributed by atoms with Crippen molar-refractivity contribution in [1.29, 1.82) is 0 Å². The van der Waals surface area contributed by atoms with Gasteiger partial charge in [0.05, 0.1) is 20.3 Å². The lowest BCUT2D eigenvalue weighted by Crippen LogP contribution is -2.20. The maximum Gasteiger partial charge on any atom is 0.161 e. The molecule has 0 fully saturated rings. The molecule has 0 aliphatic heterocycles. The van der Waals surface area contributed by atoms with Crippen LogP contribution in [0.5, 0.6) is 11.5 Å². The fourth-order valence-electron chi connectivity index (χ4n) is 2.13. The maximum absolute atomic E-state index is 13.2. The minimum atomic E-state index is -0.289. The summed E-state index contributed by atoms with van der Waals surface area (Å²) >= 11 is 0. The lowest BCUT2D eigenvalue weighted by atomic mass is 10.1. The minimum Gasteiger partial charge on any atom is -0.493 e. The van der Waals surface area contributed by atoms with Gasteiger partial charge in [0.25, 0.3) is 0 Å². The van der Waals surface area contributed by atoms with Gasteiger partial charge in [0.2, 0.25) is 0 Å². The van der Waals surface area contributed by atoms with Gasteiger partial charge in [-0.05, 0) is 35.9 Å². The molecular weight excluding hydrogens is 271 g/mol. The third-order valence-electron chi connectivity index (χ3n) is 3.21. The Labute approximate surface area is 123 Å². The summed E-state index contributed by atoms with van der Waals surface area (Å²) in [7, 11) is 3.17. The number of benzene rings is 2. The fraction of sp³-hybridized carbons (Fsp3) is 0.250. The second-order valence-electron chi connectivity index (χ2n) is 4.56. The number of methoxy groups -OCH3 is 2. The Morgan fingerprint density at radius 1 is 1.10 bits per heavy atom. The number of ether oxygens (including phenoxy) is 2. The van der Waals surface area contributed by atoms with E-state index >= 15 is 0 Å². The van der Waals surface area contributed by atoms with E-state index in [-0.39, 0.29) is 11.9 Å². The molecule has 0 radical (unpaired) electrons. The van der Waals surface area contributed by atoms with E-state index < -0.39 is 0 Å². The summed E-state index contributed by atoms with van der Waals surface area (Å²) in [6.45, 7) is 0.367. The number of halogens is 1. The van der Waals surface area contributed by atoms with Gasteiger partial charge in [0.1, 0.15) is 5.82 Å². The Morgan fingerprint density at radius 2 is 1.86 bits per heavy atom. The minimum absolute atomic E-state index is 0.147. The molecule has 0 saturated carbocycles. The van der Waals surface area contributed by atoms with Crippen LogP contribution in [0.4, 0.5) is 10.1 Å². The SMILES string of the molecule is COc1ccc(C(CN)Nc2cccc(F)c2)cc1OC. The molecule has 4 nitrogen and oxygen atoms in total. The van der Waals surface area contributed by atoms with E-state index in [1.54, 1.807) is 26.4 Å². The normalized spacial score (nSPS) is 11.8. The Hall–Kier alpha value is -2.27. The van der Waals surface area contributed by atoms with Crippen molar-refractivity contribution in [2.45, 2.75) is 6.04 Å². The summed E-state index contributed by atoms with van der Waals surface area (Å²) < 4.78 is 23.7. The summed E-state index contributed by atoms with van der Waals surface area (Å²) in [5.74, 6) is 1.00. The first-order valence-corrected chi connectivity index (χ1v) is 6.62. The number of nitrogens with two attached hydrogens (primary N) is 1. The molecule has 2 rings (SSSR count). The molecule has 2 aromatic carbocycles. The largest absolute Gasteiger partial charge is 0.493 e. The highest BCUT2D eigenvalue weighted by molar-refractivity contribution is 5.49. The summed E-state index contributed by atoms with van der Waals surface area (Å²) in [6.07, 6.45) is 0. The Kier molecular flexibility index (Phi) is 5.00. The molecule has 1 atom stereocenters. The van der Waals surface area contributed by atoms with Crippen molar-refractivity contribution in [2.75, 3.05) is 26.1 Å². The average Bonchev–Trinajstić information content (AvgIpc) is 2.52. The highest BCUT2D eigenvalue weighted by Gasteiger charge is 2.13. The molecule has 0 aromatic heterocycles. The van der Waals surface area contributed by atoms with Crippen LogP contribution in [-0.2, 0) is 0 Å². The van der Waals surface area contributed by atoms with Crippen LogP contribution in [0.3, 0.4) is 0 Å². The molecule has 0 heterocycles. The second kappa shape index (κ2) is 6.95. The number of anilines is 1. The predicted molar refractivity (Wildman–Crippen MR) is 81.4 cm³/mol. The summed E-state index contributed by atoms with van der Waals surface area (Å²) in [4.78, 5) is 0. The molecule has 0 aliphatic carbocycles. The van der Waals surface area contributed by atoms with Crippen molar-refractivity contribution < 1.29 is 13.9 Å². The van der Waals surface area contributed by atoms with Crippen molar-refractivity contribution in [3.05, 3.63) is 53.8 Å². The van der Waals surface area contributed by atoms with Gasteiger partial charge in [-0.3, -0.25) is 0 Å². The average molecular weight is 290 g/mol. The van der Waals surface area contributed by atoms with Crippen LogP contribution in [0, 0.1) is 5.82 Å². The molecule has 0 bridgehead atoms. The molecule has 3 N–H and O–H groups in total. The first kappa shape index (κ1) is 15.1. The zero-order chi connectivity index (χ0) is 15.2. The van der Waals surface area contributed by atoms with E-state index in [2.05, 4.69) is 5.32 Å². The van der Waals surface area contributed by atoms with Crippen molar-refractivity contribution in [2.24, 2.45) is 5.73 Å². The van der Waals surface area contributed by atoms with Gasteiger partial charge in [0.15, 0.2) is 11.5 Å². The number of hydrogen-bond acceptors (Lipinski definition) is 4. The third kappa shape index (κ3) is 3.64. The van der Waals surface area contributed by atoms with Crippen LogP contribution in [0.2, 0.25) is 0 Å². The van der Waals surface area contributed by atoms with Crippen molar-refractivity contribution >= 4 is 5.69 Å². The fourth-order valence-corrected chi connectivity index (χ4v) is 2.13. The molecule has 0 spiro atoms. The molecule has 2 aromatic rings. The first-order chi connectivity index (χ1) is 10.2. The molecule has 21 heavy (non-hydrogen) atoms. The lowest BCUT2D eigenvalue weighted by Gasteiger charge is -2.20. The quantitative estimate of drug-likeness (QED) is 0.859. The van der Waals surface area contributed by atoms with E-state index in [4.69, 9.17) is 15.2 Å². The monoisotopic (exact) mass is 290 g/mol. The highest BCUT2D eigenvalue weighted by Crippen LogP contribution is 2.30. The Balaban J connectivity index is 2.25. The van der Waals surface area contributed by atoms with Crippen LogP contribution >= 0.6 is 0 Å². The van der Waals surface area contributed by atoms with Gasteiger partial charge in [0, 0.05) is 12.2 Å². The predicted octanol–water partition coefficient (Wildman–Crippen LogP) is 2.95. The van der Waals surface area contributed by atoms with Gasteiger partial charge in [-0.15, -0.1) is 0 Å². The smallest absolute Gasteiger partial charge is 0.161 e. The zero-order valence-electron chi connectivity index (χ0n) is 12.1. The van der Waals surface area contributed by atoms with Gasteiger partial charge in [-0.25, -0.2) is 4.39 Å². The standard InChI is InChI=1S/C16H19FN2O2/c1-20-15-7-6-11(8-16(15)21-2)14(10-18)19-13-5-3-4-12(17)9-13/h3-9,14,19H,10,18H2,1-2H3. The highest BCUT2D eigenvalue weighted by atomic mass is 19.1. The molecule has 5 heteroatoms. The summed E-state index contributed by atoms with van der Waals surface area (Å²) in [5, 5.41) is 3.21. The van der Waals surface area contributed by atoms with E-state index in [1.807, 2.05) is 18.2 Å². The van der Waals surface area contributed by atoms with Crippen molar-refractivity contribution in [3.8, 4) is 11.5 Å². The van der Waals surface area contributed by atoms with Crippen LogP contribution < -0.4 is 20.5 Å². The van der Waals surface area contributed by atoms with E-state index in [9.17, 15) is 4.39 Å². The Bertz CT molecular complexity index is 605.